The lowest BCUT2D eigenvalue weighted by atomic mass is 10.4. The number of amides is 3. The number of nitrogens with two attached hydrogens (primary N) is 1. The number of carbonyl (C=O) groups excluding carboxylic acids is 2. The number of carbonyl (C=O) groups is 3. The lowest BCUT2D eigenvalue weighted by molar-refractivity contribution is -0.146. The highest BCUT2D eigenvalue weighted by Gasteiger charge is 2.13. The molecule has 92 valence electrons. The van der Waals surface area contributed by atoms with Crippen LogP contribution in [0.15, 0.2) is 0 Å². The summed E-state index contributed by atoms with van der Waals surface area (Å²) in [5.41, 5.74) is 4.65. The second-order valence-electron chi connectivity index (χ2n) is 2.66. The third-order valence-electron chi connectivity index (χ3n) is 1.37. The zero-order valence-corrected chi connectivity index (χ0v) is 8.30. The minimum Gasteiger partial charge on any atom is -0.479 e. The first-order valence-corrected chi connectivity index (χ1v) is 4.28. The molecule has 1 atom stereocenters. The molecule has 0 aliphatic heterocycles. The highest BCUT2D eigenvalue weighted by Crippen LogP contribution is 1.79. The summed E-state index contributed by atoms with van der Waals surface area (Å²) in [6.07, 6.45) is -2.61. The maximum Gasteiger partial charge on any atom is 0.404 e. The highest BCUT2D eigenvalue weighted by molar-refractivity contribution is 5.76. The molecular formula is C7H13N3O6. The van der Waals surface area contributed by atoms with Crippen LogP contribution in [0.25, 0.3) is 0 Å². The lowest BCUT2D eigenvalue weighted by Crippen LogP contribution is -2.43. The van der Waals surface area contributed by atoms with Gasteiger partial charge in [-0.25, -0.2) is 14.4 Å². The molecule has 0 aliphatic carbocycles. The van der Waals surface area contributed by atoms with Gasteiger partial charge in [0.25, 0.3) is 0 Å². The molecule has 9 heteroatoms. The van der Waals surface area contributed by atoms with E-state index in [1.165, 1.54) is 0 Å². The largest absolute Gasteiger partial charge is 0.479 e. The summed E-state index contributed by atoms with van der Waals surface area (Å²) in [6.45, 7) is -0.486. The van der Waals surface area contributed by atoms with E-state index >= 15 is 0 Å². The predicted molar refractivity (Wildman–Crippen MR) is 50.6 cm³/mol. The van der Waals surface area contributed by atoms with Gasteiger partial charge in [-0.2, -0.15) is 0 Å². The Bertz CT molecular complexity index is 269. The zero-order valence-electron chi connectivity index (χ0n) is 8.30. The van der Waals surface area contributed by atoms with Gasteiger partial charge >= 0.3 is 18.1 Å². The Morgan fingerprint density at radius 1 is 1.31 bits per heavy atom. The van der Waals surface area contributed by atoms with Crippen molar-refractivity contribution in [2.75, 3.05) is 19.7 Å². The van der Waals surface area contributed by atoms with Crippen molar-refractivity contribution >= 4 is 18.1 Å². The van der Waals surface area contributed by atoms with Crippen LogP contribution in [0.3, 0.4) is 0 Å². The number of nitrogens with one attached hydrogen (secondary N) is 2. The number of rotatable bonds is 6. The molecule has 3 amide bonds. The van der Waals surface area contributed by atoms with Gasteiger partial charge in [-0.15, -0.1) is 0 Å². The Kier molecular flexibility index (Phi) is 6.36. The molecule has 0 fully saturated rings. The van der Waals surface area contributed by atoms with E-state index in [9.17, 15) is 14.4 Å². The fourth-order valence-electron chi connectivity index (χ4n) is 0.655. The topological polar surface area (TPSA) is 151 Å². The standard InChI is InChI=1S/C7H13N3O6/c8-6(14)16-2-1-9-7(15)10-3-4(11)5(12)13/h4,11H,1-3H2,(H2,8,14)(H,12,13)(H2,9,10,15)/t4-/m0/s1. The third kappa shape index (κ3) is 7.38. The van der Waals surface area contributed by atoms with Gasteiger partial charge < -0.3 is 31.3 Å². The fourth-order valence-corrected chi connectivity index (χ4v) is 0.655. The van der Waals surface area contributed by atoms with E-state index in [0.717, 1.165) is 0 Å². The number of hydrogen-bond acceptors (Lipinski definition) is 5. The first-order chi connectivity index (χ1) is 7.43. The van der Waals surface area contributed by atoms with E-state index in [2.05, 4.69) is 21.1 Å². The van der Waals surface area contributed by atoms with Gasteiger partial charge in [-0.05, 0) is 0 Å². The molecule has 0 spiro atoms. The van der Waals surface area contributed by atoms with E-state index < -0.39 is 30.7 Å². The molecular weight excluding hydrogens is 222 g/mol. The van der Waals surface area contributed by atoms with Gasteiger partial charge in [-0.1, -0.05) is 0 Å². The van der Waals surface area contributed by atoms with Gasteiger partial charge in [-0.3, -0.25) is 0 Å². The zero-order chi connectivity index (χ0) is 12.6. The number of aliphatic hydroxyl groups is 1. The van der Waals surface area contributed by atoms with Crippen molar-refractivity contribution in [1.29, 1.82) is 0 Å². The number of primary amides is 1. The molecule has 0 saturated carbocycles. The molecule has 0 aromatic carbocycles. The third-order valence-corrected chi connectivity index (χ3v) is 1.37. The van der Waals surface area contributed by atoms with E-state index in [1.54, 1.807) is 0 Å². The summed E-state index contributed by atoms with van der Waals surface area (Å²) < 4.78 is 4.31. The van der Waals surface area contributed by atoms with Crippen molar-refractivity contribution in [3.63, 3.8) is 0 Å². The van der Waals surface area contributed by atoms with Crippen LogP contribution in [0.4, 0.5) is 9.59 Å². The quantitative estimate of drug-likeness (QED) is 0.330. The van der Waals surface area contributed by atoms with Crippen molar-refractivity contribution in [2.45, 2.75) is 6.10 Å². The van der Waals surface area contributed by atoms with Crippen LogP contribution in [0.2, 0.25) is 0 Å². The van der Waals surface area contributed by atoms with Crippen molar-refractivity contribution in [3.8, 4) is 0 Å². The van der Waals surface area contributed by atoms with E-state index in [4.69, 9.17) is 10.2 Å². The molecule has 9 nitrogen and oxygen atoms in total. The highest BCUT2D eigenvalue weighted by atomic mass is 16.5. The predicted octanol–water partition coefficient (Wildman–Crippen LogP) is -2.17. The SMILES string of the molecule is NC(=O)OCCNC(=O)NC[C@H](O)C(=O)O. The average Bonchev–Trinajstić information content (AvgIpc) is 2.20. The maximum atomic E-state index is 10.9. The van der Waals surface area contributed by atoms with Crippen LogP contribution in [0.5, 0.6) is 0 Å². The van der Waals surface area contributed by atoms with Crippen LogP contribution in [0, 0.1) is 0 Å². The molecule has 0 saturated heterocycles. The van der Waals surface area contributed by atoms with E-state index in [0.29, 0.717) is 0 Å². The number of carboxylic acids is 1. The van der Waals surface area contributed by atoms with Gasteiger partial charge in [0.2, 0.25) is 0 Å². The number of aliphatic hydroxyl groups excluding tert-OH is 1. The summed E-state index contributed by atoms with van der Waals surface area (Å²) in [6, 6.07) is -0.687. The Morgan fingerprint density at radius 2 is 1.94 bits per heavy atom. The molecule has 0 bridgehead atoms. The lowest BCUT2D eigenvalue weighted by Gasteiger charge is -2.09. The minimum absolute atomic E-state index is 0.0257. The number of aliphatic carboxylic acids is 1. The van der Waals surface area contributed by atoms with E-state index in [-0.39, 0.29) is 13.2 Å². The number of hydrogen-bond donors (Lipinski definition) is 5. The Labute approximate surface area is 90.6 Å². The molecule has 0 aromatic heterocycles. The Hall–Kier alpha value is -2.03. The molecule has 0 aliphatic rings. The smallest absolute Gasteiger partial charge is 0.404 e. The van der Waals surface area contributed by atoms with Crippen molar-refractivity contribution in [1.82, 2.24) is 10.6 Å². The van der Waals surface area contributed by atoms with Gasteiger partial charge in [0.05, 0.1) is 13.1 Å². The molecule has 16 heavy (non-hydrogen) atoms. The summed E-state index contributed by atoms with van der Waals surface area (Å²) in [5.74, 6) is -1.43. The van der Waals surface area contributed by atoms with Gasteiger partial charge in [0.15, 0.2) is 6.10 Å². The Morgan fingerprint density at radius 3 is 2.44 bits per heavy atom. The van der Waals surface area contributed by atoms with Crippen LogP contribution >= 0.6 is 0 Å². The van der Waals surface area contributed by atoms with Crippen LogP contribution < -0.4 is 16.4 Å². The van der Waals surface area contributed by atoms with Crippen molar-refractivity contribution in [3.05, 3.63) is 0 Å². The fraction of sp³-hybridized carbons (Fsp3) is 0.571. The Balaban J connectivity index is 3.52. The number of urea groups is 1. The molecule has 6 N–H and O–H groups in total. The first kappa shape index (κ1) is 14.0. The monoisotopic (exact) mass is 235 g/mol. The second kappa shape index (κ2) is 7.29. The molecule has 0 radical (unpaired) electrons. The summed E-state index contributed by atoms with van der Waals surface area (Å²) >= 11 is 0. The van der Waals surface area contributed by atoms with Crippen LogP contribution in [0.1, 0.15) is 0 Å². The molecule has 0 aromatic rings. The van der Waals surface area contributed by atoms with Crippen molar-refractivity contribution in [2.24, 2.45) is 5.73 Å². The van der Waals surface area contributed by atoms with Crippen LogP contribution in [-0.4, -0.2) is 54.1 Å². The van der Waals surface area contributed by atoms with E-state index in [1.807, 2.05) is 0 Å². The normalized spacial score (nSPS) is 11.3. The molecule has 0 heterocycles. The number of carboxylic acid groups (broad SMARTS) is 1. The summed E-state index contributed by atoms with van der Waals surface area (Å²) in [5, 5.41) is 21.4. The number of ether oxygens (including phenoxy) is 1. The average molecular weight is 235 g/mol. The van der Waals surface area contributed by atoms with Gasteiger partial charge in [0.1, 0.15) is 6.61 Å². The van der Waals surface area contributed by atoms with Gasteiger partial charge in [0, 0.05) is 0 Å². The minimum atomic E-state index is -1.66. The van der Waals surface area contributed by atoms with Crippen molar-refractivity contribution < 1.29 is 29.3 Å². The summed E-state index contributed by atoms with van der Waals surface area (Å²) in [4.78, 5) is 31.2. The molecule has 0 unspecified atom stereocenters. The molecule has 0 rings (SSSR count). The maximum absolute atomic E-state index is 10.9. The van der Waals surface area contributed by atoms with Crippen LogP contribution in [-0.2, 0) is 9.53 Å². The first-order valence-electron chi connectivity index (χ1n) is 4.28. The summed E-state index contributed by atoms with van der Waals surface area (Å²) in [7, 11) is 0. The second-order valence-corrected chi connectivity index (χ2v) is 2.66.